The predicted molar refractivity (Wildman–Crippen MR) is 99.3 cm³/mol. The molecule has 1 aromatic rings. The smallest absolute Gasteiger partial charge is 0.308 e. The van der Waals surface area contributed by atoms with E-state index in [-0.39, 0.29) is 16.8 Å². The number of carbonyl (C=O) groups is 1. The van der Waals surface area contributed by atoms with Crippen LogP contribution in [0.4, 0.5) is 0 Å². The van der Waals surface area contributed by atoms with E-state index < -0.39 is 0 Å². The summed E-state index contributed by atoms with van der Waals surface area (Å²) in [6, 6.07) is 6.26. The maximum Gasteiger partial charge on any atom is 0.308 e. The van der Waals surface area contributed by atoms with E-state index in [9.17, 15) is 4.79 Å². The fourth-order valence-electron chi connectivity index (χ4n) is 6.29. The number of fused-ring (bicyclic) bond motifs is 5. The molecule has 0 radical (unpaired) electrons. The minimum atomic E-state index is -0.249. The van der Waals surface area contributed by atoms with Crippen LogP contribution < -0.4 is 4.74 Å². The Morgan fingerprint density at radius 2 is 2.04 bits per heavy atom. The lowest BCUT2D eigenvalue weighted by Crippen LogP contribution is -2.45. The molecule has 0 aromatic heterocycles. The van der Waals surface area contributed by atoms with E-state index in [0.717, 1.165) is 18.3 Å². The van der Waals surface area contributed by atoms with Gasteiger partial charge in [-0.05, 0) is 91.9 Å². The topological polar surface area (TPSA) is 26.3 Å². The van der Waals surface area contributed by atoms with Gasteiger partial charge in [-0.2, -0.15) is 0 Å². The van der Waals surface area contributed by atoms with Crippen molar-refractivity contribution in [2.45, 2.75) is 65.2 Å². The Morgan fingerprint density at radius 1 is 1.24 bits per heavy atom. The van der Waals surface area contributed by atoms with Crippen LogP contribution in [-0.2, 0) is 11.2 Å². The number of carbonyl (C=O) groups excluding carboxylic acids is 1. The molecule has 0 N–H and O–H groups in total. The molecule has 4 rings (SSSR count). The largest absolute Gasteiger partial charge is 0.427 e. The number of ether oxygens (including phenoxy) is 1. The number of benzene rings is 1. The minimum absolute atomic E-state index is 0.0576. The predicted octanol–water partition coefficient (Wildman–Crippen LogP) is 5.11. The summed E-state index contributed by atoms with van der Waals surface area (Å²) >= 11 is 0. The molecule has 0 bridgehead atoms. The summed E-state index contributed by atoms with van der Waals surface area (Å²) in [6.07, 6.45) is 13.2. The Labute approximate surface area is 151 Å². The highest BCUT2D eigenvalue weighted by molar-refractivity contribution is 5.69. The zero-order valence-corrected chi connectivity index (χ0v) is 15.6. The van der Waals surface area contributed by atoms with Gasteiger partial charge >= 0.3 is 5.97 Å². The van der Waals surface area contributed by atoms with Gasteiger partial charge < -0.3 is 4.74 Å². The standard InChI is InChI=1S/C23H28O2/c1-5-22(3)12-11-21-20-8-6-16-14-17(25-15(2)24)7-9-18(16)19(20)10-13-23(21,22)4/h1,7,9,14,19-21H,6,8,10-13H2,2-4H3/t19-,20-,21+,22+,23+/m1/s1. The quantitative estimate of drug-likeness (QED) is 0.405. The molecule has 2 heteroatoms. The van der Waals surface area contributed by atoms with Gasteiger partial charge in [0.25, 0.3) is 0 Å². The van der Waals surface area contributed by atoms with Gasteiger partial charge in [-0.3, -0.25) is 4.79 Å². The van der Waals surface area contributed by atoms with E-state index in [1.165, 1.54) is 50.2 Å². The van der Waals surface area contributed by atoms with Crippen LogP contribution in [0, 0.1) is 35.0 Å². The van der Waals surface area contributed by atoms with Crippen molar-refractivity contribution in [3.8, 4) is 18.1 Å². The van der Waals surface area contributed by atoms with Crippen molar-refractivity contribution in [2.75, 3.05) is 0 Å². The van der Waals surface area contributed by atoms with Gasteiger partial charge in [0.2, 0.25) is 0 Å². The maximum atomic E-state index is 11.2. The molecule has 2 nitrogen and oxygen atoms in total. The molecule has 3 aliphatic carbocycles. The first-order valence-corrected chi connectivity index (χ1v) is 9.67. The van der Waals surface area contributed by atoms with Crippen LogP contribution in [0.5, 0.6) is 5.75 Å². The summed E-state index contributed by atoms with van der Waals surface area (Å²) in [6.45, 7) is 6.23. The van der Waals surface area contributed by atoms with Crippen molar-refractivity contribution in [3.05, 3.63) is 29.3 Å². The molecular weight excluding hydrogens is 308 g/mol. The summed E-state index contributed by atoms with van der Waals surface area (Å²) in [5.41, 5.74) is 3.21. The SMILES string of the molecule is C#C[C@@]1(C)CC[C@H]2[C@@H]3CCc4cc(OC(C)=O)ccc4[C@H]3CC[C@@]21C. The first-order valence-electron chi connectivity index (χ1n) is 9.67. The lowest BCUT2D eigenvalue weighted by Gasteiger charge is -2.53. The van der Waals surface area contributed by atoms with Crippen LogP contribution in [0.25, 0.3) is 0 Å². The third-order valence-corrected chi connectivity index (χ3v) is 7.88. The lowest BCUT2D eigenvalue weighted by atomic mass is 9.51. The normalized spacial score (nSPS) is 38.9. The lowest BCUT2D eigenvalue weighted by molar-refractivity contribution is -0.131. The Bertz CT molecular complexity index is 758. The molecule has 3 aliphatic rings. The molecule has 25 heavy (non-hydrogen) atoms. The zero-order valence-electron chi connectivity index (χ0n) is 15.6. The van der Waals surface area contributed by atoms with Crippen molar-refractivity contribution in [3.63, 3.8) is 0 Å². The van der Waals surface area contributed by atoms with E-state index in [0.29, 0.717) is 11.7 Å². The van der Waals surface area contributed by atoms with E-state index in [2.05, 4.69) is 31.9 Å². The third kappa shape index (κ3) is 2.35. The number of hydrogen-bond acceptors (Lipinski definition) is 2. The van der Waals surface area contributed by atoms with Gasteiger partial charge in [-0.25, -0.2) is 0 Å². The second-order valence-corrected chi connectivity index (χ2v) is 8.84. The molecule has 1 aromatic carbocycles. The number of hydrogen-bond donors (Lipinski definition) is 0. The Balaban J connectivity index is 1.65. The Kier molecular flexibility index (Phi) is 3.76. The molecule has 0 spiro atoms. The van der Waals surface area contributed by atoms with Crippen molar-refractivity contribution in [1.82, 2.24) is 0 Å². The summed E-state index contributed by atoms with van der Waals surface area (Å²) < 4.78 is 5.28. The third-order valence-electron chi connectivity index (χ3n) is 7.88. The highest BCUT2D eigenvalue weighted by Crippen LogP contribution is 2.67. The van der Waals surface area contributed by atoms with Crippen LogP contribution in [0.3, 0.4) is 0 Å². The van der Waals surface area contributed by atoms with Gasteiger partial charge in [0.05, 0.1) is 0 Å². The van der Waals surface area contributed by atoms with Crippen molar-refractivity contribution >= 4 is 5.97 Å². The molecule has 2 saturated carbocycles. The van der Waals surface area contributed by atoms with Crippen LogP contribution >= 0.6 is 0 Å². The summed E-state index contributed by atoms with van der Waals surface area (Å²) in [5.74, 6) is 5.75. The van der Waals surface area contributed by atoms with Crippen LogP contribution in [0.15, 0.2) is 18.2 Å². The molecule has 2 fully saturated rings. The van der Waals surface area contributed by atoms with E-state index in [1.807, 2.05) is 6.07 Å². The average molecular weight is 336 g/mol. The van der Waals surface area contributed by atoms with Crippen LogP contribution in [-0.4, -0.2) is 5.97 Å². The minimum Gasteiger partial charge on any atom is -0.427 e. The van der Waals surface area contributed by atoms with Gasteiger partial charge in [-0.1, -0.05) is 18.9 Å². The number of terminal acetylenes is 1. The number of rotatable bonds is 1. The summed E-state index contributed by atoms with van der Waals surface area (Å²) in [5, 5.41) is 0. The number of esters is 1. The summed E-state index contributed by atoms with van der Waals surface area (Å²) in [4.78, 5) is 11.2. The van der Waals surface area contributed by atoms with E-state index >= 15 is 0 Å². The number of aryl methyl sites for hydroxylation is 1. The van der Waals surface area contributed by atoms with Crippen LogP contribution in [0.2, 0.25) is 0 Å². The average Bonchev–Trinajstić information content (AvgIpc) is 2.86. The first-order chi connectivity index (χ1) is 11.9. The molecule has 0 saturated heterocycles. The second-order valence-electron chi connectivity index (χ2n) is 8.84. The molecule has 0 amide bonds. The summed E-state index contributed by atoms with van der Waals surface area (Å²) in [7, 11) is 0. The van der Waals surface area contributed by atoms with Gasteiger partial charge in [-0.15, -0.1) is 6.42 Å². The van der Waals surface area contributed by atoms with Gasteiger partial charge in [0, 0.05) is 12.3 Å². The molecular formula is C23H28O2. The van der Waals surface area contributed by atoms with Crippen molar-refractivity contribution in [1.29, 1.82) is 0 Å². The van der Waals surface area contributed by atoms with Gasteiger partial charge in [0.1, 0.15) is 5.75 Å². The molecule has 0 unspecified atom stereocenters. The van der Waals surface area contributed by atoms with Gasteiger partial charge in [0.15, 0.2) is 0 Å². The van der Waals surface area contributed by atoms with Crippen molar-refractivity contribution < 1.29 is 9.53 Å². The van der Waals surface area contributed by atoms with E-state index in [4.69, 9.17) is 11.2 Å². The zero-order chi connectivity index (χ0) is 17.8. The molecule has 5 atom stereocenters. The first kappa shape index (κ1) is 16.7. The monoisotopic (exact) mass is 336 g/mol. The second kappa shape index (κ2) is 5.63. The Hall–Kier alpha value is -1.75. The highest BCUT2D eigenvalue weighted by Gasteiger charge is 2.59. The highest BCUT2D eigenvalue weighted by atomic mass is 16.5. The molecule has 0 aliphatic heterocycles. The molecule has 132 valence electrons. The van der Waals surface area contributed by atoms with Crippen molar-refractivity contribution in [2.24, 2.45) is 22.7 Å². The fraction of sp³-hybridized carbons (Fsp3) is 0.609. The van der Waals surface area contributed by atoms with Crippen LogP contribution in [0.1, 0.15) is 69.9 Å². The van der Waals surface area contributed by atoms with E-state index in [1.54, 1.807) is 0 Å². The fourth-order valence-corrected chi connectivity index (χ4v) is 6.29. The molecule has 0 heterocycles. The Morgan fingerprint density at radius 3 is 2.76 bits per heavy atom. The maximum absolute atomic E-state index is 11.2.